The van der Waals surface area contributed by atoms with Gasteiger partial charge in [-0.3, -0.25) is 4.79 Å². The van der Waals surface area contributed by atoms with Crippen LogP contribution in [0, 0.1) is 5.92 Å². The Morgan fingerprint density at radius 1 is 1.62 bits per heavy atom. The summed E-state index contributed by atoms with van der Waals surface area (Å²) in [5.74, 6) is 1.75. The fourth-order valence-electron chi connectivity index (χ4n) is 0.776. The van der Waals surface area contributed by atoms with E-state index in [0.29, 0.717) is 0 Å². The zero-order valence-electron chi connectivity index (χ0n) is 8.63. The van der Waals surface area contributed by atoms with Crippen LogP contribution in [0.4, 0.5) is 0 Å². The zero-order chi connectivity index (χ0) is 10.3. The Balaban J connectivity index is 3.42. The highest BCUT2D eigenvalue weighted by molar-refractivity contribution is 7.99. The molecule has 0 aliphatic rings. The maximum absolute atomic E-state index is 11.0. The Morgan fingerprint density at radius 3 is 2.69 bits per heavy atom. The third kappa shape index (κ3) is 6.70. The van der Waals surface area contributed by atoms with Crippen LogP contribution < -0.4 is 0 Å². The second-order valence-electron chi connectivity index (χ2n) is 3.21. The molecule has 0 fully saturated rings. The van der Waals surface area contributed by atoms with E-state index in [2.05, 4.69) is 11.3 Å². The first-order chi connectivity index (χ1) is 6.07. The number of hydrogen-bond acceptors (Lipinski definition) is 3. The van der Waals surface area contributed by atoms with Crippen LogP contribution in [0.2, 0.25) is 0 Å². The average molecular weight is 202 g/mol. The van der Waals surface area contributed by atoms with Crippen molar-refractivity contribution in [3.05, 3.63) is 12.2 Å². The molecule has 3 heteroatoms. The van der Waals surface area contributed by atoms with Crippen molar-refractivity contribution in [1.82, 2.24) is 0 Å². The highest BCUT2D eigenvalue weighted by Gasteiger charge is 2.11. The minimum Gasteiger partial charge on any atom is -0.469 e. The van der Waals surface area contributed by atoms with Crippen LogP contribution in [0.25, 0.3) is 0 Å². The Morgan fingerprint density at radius 2 is 2.23 bits per heavy atom. The van der Waals surface area contributed by atoms with E-state index in [1.807, 2.05) is 13.8 Å². The summed E-state index contributed by atoms with van der Waals surface area (Å²) < 4.78 is 4.62. The lowest BCUT2D eigenvalue weighted by Crippen LogP contribution is -2.15. The number of carbonyl (C=O) groups is 1. The summed E-state index contributed by atoms with van der Waals surface area (Å²) >= 11 is 1.77. The van der Waals surface area contributed by atoms with Gasteiger partial charge < -0.3 is 4.74 Å². The molecule has 1 unspecified atom stereocenters. The molecule has 0 spiro atoms. The van der Waals surface area contributed by atoms with Crippen molar-refractivity contribution in [3.8, 4) is 0 Å². The number of esters is 1. The van der Waals surface area contributed by atoms with E-state index >= 15 is 0 Å². The molecule has 0 saturated carbocycles. The van der Waals surface area contributed by atoms with E-state index in [-0.39, 0.29) is 11.9 Å². The number of hydrogen-bond donors (Lipinski definition) is 0. The SMILES string of the molecule is C=C(C)CCSCC(C)C(=O)OC. The Labute approximate surface area is 84.7 Å². The van der Waals surface area contributed by atoms with E-state index in [1.54, 1.807) is 11.8 Å². The molecule has 0 aromatic rings. The topological polar surface area (TPSA) is 26.3 Å². The van der Waals surface area contributed by atoms with Gasteiger partial charge in [0, 0.05) is 5.75 Å². The quantitative estimate of drug-likeness (QED) is 0.376. The molecule has 0 bridgehead atoms. The molecule has 0 radical (unpaired) electrons. The Bertz CT molecular complexity index is 178. The standard InChI is InChI=1S/C10H18O2S/c1-8(2)5-6-13-7-9(3)10(11)12-4/h9H,1,5-7H2,2-4H3. The van der Waals surface area contributed by atoms with Gasteiger partial charge in [0.05, 0.1) is 13.0 Å². The average Bonchev–Trinajstić information content (AvgIpc) is 2.10. The van der Waals surface area contributed by atoms with Crippen molar-refractivity contribution in [2.24, 2.45) is 5.92 Å². The number of rotatable bonds is 6. The molecule has 0 aliphatic carbocycles. The lowest BCUT2D eigenvalue weighted by Gasteiger charge is -2.07. The predicted octanol–water partition coefficient (Wildman–Crippen LogP) is 2.49. The van der Waals surface area contributed by atoms with Crippen LogP contribution in [0.1, 0.15) is 20.3 Å². The van der Waals surface area contributed by atoms with Gasteiger partial charge >= 0.3 is 5.97 Å². The fraction of sp³-hybridized carbons (Fsp3) is 0.700. The van der Waals surface area contributed by atoms with Gasteiger partial charge in [-0.15, -0.1) is 6.58 Å². The van der Waals surface area contributed by atoms with E-state index in [4.69, 9.17) is 0 Å². The lowest BCUT2D eigenvalue weighted by molar-refractivity contribution is -0.143. The van der Waals surface area contributed by atoms with Crippen molar-refractivity contribution in [2.45, 2.75) is 20.3 Å². The molecule has 0 N–H and O–H groups in total. The van der Waals surface area contributed by atoms with Gasteiger partial charge in [0.15, 0.2) is 0 Å². The van der Waals surface area contributed by atoms with Gasteiger partial charge in [0.25, 0.3) is 0 Å². The van der Waals surface area contributed by atoms with E-state index in [1.165, 1.54) is 12.7 Å². The van der Waals surface area contributed by atoms with Gasteiger partial charge in [-0.25, -0.2) is 0 Å². The second-order valence-corrected chi connectivity index (χ2v) is 4.36. The van der Waals surface area contributed by atoms with Gasteiger partial charge in [0.2, 0.25) is 0 Å². The van der Waals surface area contributed by atoms with E-state index < -0.39 is 0 Å². The molecule has 13 heavy (non-hydrogen) atoms. The van der Waals surface area contributed by atoms with E-state index in [0.717, 1.165) is 17.9 Å². The minimum atomic E-state index is -0.122. The lowest BCUT2D eigenvalue weighted by atomic mass is 10.2. The van der Waals surface area contributed by atoms with Crippen LogP contribution in [-0.2, 0) is 9.53 Å². The van der Waals surface area contributed by atoms with Crippen LogP contribution in [0.3, 0.4) is 0 Å². The first-order valence-corrected chi connectivity index (χ1v) is 5.53. The minimum absolute atomic E-state index is 0.000112. The second kappa shape index (κ2) is 7.01. The molecule has 1 atom stereocenters. The number of ether oxygens (including phenoxy) is 1. The molecule has 0 rings (SSSR count). The monoisotopic (exact) mass is 202 g/mol. The third-order valence-electron chi connectivity index (χ3n) is 1.64. The predicted molar refractivity (Wildman–Crippen MR) is 57.9 cm³/mol. The smallest absolute Gasteiger partial charge is 0.309 e. The largest absolute Gasteiger partial charge is 0.469 e. The Hall–Kier alpha value is -0.440. The van der Waals surface area contributed by atoms with Crippen LogP contribution in [0.15, 0.2) is 12.2 Å². The van der Waals surface area contributed by atoms with Crippen molar-refractivity contribution in [2.75, 3.05) is 18.6 Å². The maximum atomic E-state index is 11.0. The number of allylic oxidation sites excluding steroid dienone is 1. The molecule has 76 valence electrons. The molecule has 0 aromatic carbocycles. The summed E-state index contributed by atoms with van der Waals surface area (Å²) in [5, 5.41) is 0. The van der Waals surface area contributed by atoms with Gasteiger partial charge in [-0.1, -0.05) is 12.5 Å². The maximum Gasteiger partial charge on any atom is 0.309 e. The molecular formula is C10H18O2S. The third-order valence-corrected chi connectivity index (χ3v) is 2.87. The molecule has 0 aromatic heterocycles. The van der Waals surface area contributed by atoms with Crippen LogP contribution in [-0.4, -0.2) is 24.6 Å². The van der Waals surface area contributed by atoms with Crippen LogP contribution in [0.5, 0.6) is 0 Å². The first-order valence-electron chi connectivity index (χ1n) is 4.38. The number of methoxy groups -OCH3 is 1. The molecule has 0 amide bonds. The zero-order valence-corrected chi connectivity index (χ0v) is 9.45. The number of thioether (sulfide) groups is 1. The molecule has 0 saturated heterocycles. The summed E-state index contributed by atoms with van der Waals surface area (Å²) in [7, 11) is 1.43. The van der Waals surface area contributed by atoms with Crippen LogP contribution >= 0.6 is 11.8 Å². The van der Waals surface area contributed by atoms with Crippen molar-refractivity contribution < 1.29 is 9.53 Å². The molecule has 0 heterocycles. The summed E-state index contributed by atoms with van der Waals surface area (Å²) in [6, 6.07) is 0. The molecule has 2 nitrogen and oxygen atoms in total. The summed E-state index contributed by atoms with van der Waals surface area (Å²) in [5.41, 5.74) is 1.19. The summed E-state index contributed by atoms with van der Waals surface area (Å²) in [6.45, 7) is 7.72. The fourth-order valence-corrected chi connectivity index (χ4v) is 1.92. The van der Waals surface area contributed by atoms with Gasteiger partial charge in [-0.2, -0.15) is 11.8 Å². The highest BCUT2D eigenvalue weighted by atomic mass is 32.2. The molecular weight excluding hydrogens is 184 g/mol. The summed E-state index contributed by atoms with van der Waals surface area (Å²) in [6.07, 6.45) is 1.03. The Kier molecular flexibility index (Phi) is 6.77. The highest BCUT2D eigenvalue weighted by Crippen LogP contribution is 2.12. The normalized spacial score (nSPS) is 12.2. The first kappa shape index (κ1) is 12.6. The van der Waals surface area contributed by atoms with Crippen molar-refractivity contribution in [3.63, 3.8) is 0 Å². The van der Waals surface area contributed by atoms with Crippen molar-refractivity contribution in [1.29, 1.82) is 0 Å². The van der Waals surface area contributed by atoms with Crippen molar-refractivity contribution >= 4 is 17.7 Å². The number of carbonyl (C=O) groups excluding carboxylic acids is 1. The van der Waals surface area contributed by atoms with Gasteiger partial charge in [-0.05, 0) is 19.1 Å². The molecule has 0 aliphatic heterocycles. The summed E-state index contributed by atoms with van der Waals surface area (Å²) in [4.78, 5) is 11.0. The van der Waals surface area contributed by atoms with E-state index in [9.17, 15) is 4.79 Å². The van der Waals surface area contributed by atoms with Gasteiger partial charge in [0.1, 0.15) is 0 Å².